The minimum Gasteiger partial charge on any atom is -0.497 e. The maximum Gasteiger partial charge on any atom is 0.243 e. The number of carbonyl (C=O) groups excluding carboxylic acids is 1. The van der Waals surface area contributed by atoms with Gasteiger partial charge in [-0.05, 0) is 49.7 Å². The molecule has 0 radical (unpaired) electrons. The van der Waals surface area contributed by atoms with Gasteiger partial charge in [0.1, 0.15) is 5.75 Å². The van der Waals surface area contributed by atoms with E-state index in [2.05, 4.69) is 0 Å². The van der Waals surface area contributed by atoms with Crippen LogP contribution in [0.25, 0.3) is 0 Å². The molecule has 0 spiro atoms. The van der Waals surface area contributed by atoms with Crippen LogP contribution in [0.4, 0.5) is 0 Å². The Hall–Kier alpha value is -2.78. The third-order valence-corrected chi connectivity index (χ3v) is 7.14. The molecule has 8 nitrogen and oxygen atoms in total. The van der Waals surface area contributed by atoms with Crippen LogP contribution in [0.15, 0.2) is 53.4 Å². The molecule has 0 N–H and O–H groups in total. The Labute approximate surface area is 189 Å². The molecule has 1 amide bonds. The second-order valence-electron chi connectivity index (χ2n) is 7.29. The van der Waals surface area contributed by atoms with Crippen molar-refractivity contribution >= 4 is 15.9 Å². The summed E-state index contributed by atoms with van der Waals surface area (Å²) in [7, 11) is -2.06. The van der Waals surface area contributed by atoms with Gasteiger partial charge in [-0.25, -0.2) is 8.42 Å². The van der Waals surface area contributed by atoms with Gasteiger partial charge in [0.15, 0.2) is 11.5 Å². The van der Waals surface area contributed by atoms with Gasteiger partial charge < -0.3 is 19.1 Å². The second-order valence-corrected chi connectivity index (χ2v) is 9.23. The van der Waals surface area contributed by atoms with Crippen molar-refractivity contribution in [3.8, 4) is 17.2 Å². The van der Waals surface area contributed by atoms with Crippen LogP contribution >= 0.6 is 0 Å². The molecule has 0 bridgehead atoms. The zero-order valence-corrected chi connectivity index (χ0v) is 19.3. The third-order valence-electron chi connectivity index (χ3n) is 5.23. The average Bonchev–Trinajstić information content (AvgIpc) is 2.83. The highest BCUT2D eigenvalue weighted by Gasteiger charge is 2.29. The van der Waals surface area contributed by atoms with Crippen LogP contribution in [-0.4, -0.2) is 70.0 Å². The Bertz CT molecular complexity index is 986. The smallest absolute Gasteiger partial charge is 0.243 e. The number of hydrogen-bond acceptors (Lipinski definition) is 6. The van der Waals surface area contributed by atoms with E-state index in [4.69, 9.17) is 14.2 Å². The van der Waals surface area contributed by atoms with Crippen molar-refractivity contribution in [1.82, 2.24) is 9.21 Å². The van der Waals surface area contributed by atoms with Gasteiger partial charge in [0.2, 0.25) is 15.9 Å². The van der Waals surface area contributed by atoms with Crippen molar-refractivity contribution in [1.29, 1.82) is 0 Å². The number of carbonyl (C=O) groups is 1. The van der Waals surface area contributed by atoms with E-state index in [0.717, 1.165) is 0 Å². The molecule has 1 aliphatic heterocycles. The summed E-state index contributed by atoms with van der Waals surface area (Å²) in [5, 5.41) is 0. The molecule has 174 valence electrons. The first-order chi connectivity index (χ1) is 15.5. The molecule has 1 saturated heterocycles. The highest BCUT2D eigenvalue weighted by atomic mass is 32.2. The number of amides is 1. The van der Waals surface area contributed by atoms with Gasteiger partial charge in [-0.1, -0.05) is 12.1 Å². The Morgan fingerprint density at radius 1 is 0.938 bits per heavy atom. The van der Waals surface area contributed by atoms with E-state index in [1.807, 2.05) is 31.2 Å². The van der Waals surface area contributed by atoms with Crippen molar-refractivity contribution in [3.63, 3.8) is 0 Å². The third kappa shape index (κ3) is 5.92. The molecule has 2 aromatic carbocycles. The number of methoxy groups -OCH3 is 1. The predicted molar refractivity (Wildman–Crippen MR) is 121 cm³/mol. The van der Waals surface area contributed by atoms with E-state index in [1.165, 1.54) is 23.5 Å². The molecular weight excluding hydrogens is 432 g/mol. The molecule has 9 heteroatoms. The lowest BCUT2D eigenvalue weighted by atomic mass is 10.2. The standard InChI is InChI=1S/C23H30N2O6S/c1-3-30-21-7-4-5-8-22(21)31-18-6-9-23(26)24-14-16-25(17-15-24)32(27,28)20-12-10-19(29-2)11-13-20/h4-5,7-8,10-13H,3,6,9,14-18H2,1-2H3. The first-order valence-corrected chi connectivity index (χ1v) is 12.2. The molecule has 0 saturated carbocycles. The van der Waals surface area contributed by atoms with E-state index in [1.54, 1.807) is 17.0 Å². The lowest BCUT2D eigenvalue weighted by Gasteiger charge is -2.34. The van der Waals surface area contributed by atoms with Crippen molar-refractivity contribution in [2.24, 2.45) is 0 Å². The fraction of sp³-hybridized carbons (Fsp3) is 0.435. The van der Waals surface area contributed by atoms with Gasteiger partial charge in [0.05, 0.1) is 25.2 Å². The van der Waals surface area contributed by atoms with Crippen molar-refractivity contribution in [3.05, 3.63) is 48.5 Å². The van der Waals surface area contributed by atoms with Crippen LogP contribution in [0, 0.1) is 0 Å². The Balaban J connectivity index is 1.44. The number of nitrogens with zero attached hydrogens (tertiary/aromatic N) is 2. The van der Waals surface area contributed by atoms with Crippen molar-refractivity contribution < 1.29 is 27.4 Å². The first-order valence-electron chi connectivity index (χ1n) is 10.7. The fourth-order valence-corrected chi connectivity index (χ4v) is 4.90. The summed E-state index contributed by atoms with van der Waals surface area (Å²) in [4.78, 5) is 14.5. The minimum absolute atomic E-state index is 0.00758. The summed E-state index contributed by atoms with van der Waals surface area (Å²) >= 11 is 0. The van der Waals surface area contributed by atoms with Crippen LogP contribution < -0.4 is 14.2 Å². The second kappa shape index (κ2) is 11.2. The average molecular weight is 463 g/mol. The summed E-state index contributed by atoms with van der Waals surface area (Å²) in [6, 6.07) is 13.8. The molecule has 32 heavy (non-hydrogen) atoms. The van der Waals surface area contributed by atoms with Crippen molar-refractivity contribution in [2.75, 3.05) is 46.5 Å². The Morgan fingerprint density at radius 2 is 1.56 bits per heavy atom. The van der Waals surface area contributed by atoms with Crippen LogP contribution in [0.5, 0.6) is 17.2 Å². The molecule has 1 fully saturated rings. The SMILES string of the molecule is CCOc1ccccc1OCCCC(=O)N1CCN(S(=O)(=O)c2ccc(OC)cc2)CC1. The number of para-hydroxylation sites is 2. The summed E-state index contributed by atoms with van der Waals surface area (Å²) in [6.07, 6.45) is 0.922. The van der Waals surface area contributed by atoms with E-state index < -0.39 is 10.0 Å². The summed E-state index contributed by atoms with van der Waals surface area (Å²) in [6.45, 7) is 4.18. The molecule has 0 atom stereocenters. The van der Waals surface area contributed by atoms with E-state index >= 15 is 0 Å². The minimum atomic E-state index is -3.59. The summed E-state index contributed by atoms with van der Waals surface area (Å²) in [5.74, 6) is 1.97. The first kappa shape index (κ1) is 23.9. The highest BCUT2D eigenvalue weighted by Crippen LogP contribution is 2.26. The number of sulfonamides is 1. The quantitative estimate of drug-likeness (QED) is 0.505. The molecule has 0 aromatic heterocycles. The molecule has 1 heterocycles. The molecule has 0 aliphatic carbocycles. The number of ether oxygens (including phenoxy) is 3. The van der Waals surface area contributed by atoms with Gasteiger partial charge >= 0.3 is 0 Å². The van der Waals surface area contributed by atoms with Gasteiger partial charge in [-0.3, -0.25) is 4.79 Å². The van der Waals surface area contributed by atoms with E-state index in [0.29, 0.717) is 56.4 Å². The number of rotatable bonds is 10. The number of hydrogen-bond donors (Lipinski definition) is 0. The van der Waals surface area contributed by atoms with E-state index in [-0.39, 0.29) is 23.9 Å². The largest absolute Gasteiger partial charge is 0.497 e. The van der Waals surface area contributed by atoms with Crippen LogP contribution in [0.2, 0.25) is 0 Å². The summed E-state index contributed by atoms with van der Waals surface area (Å²) < 4.78 is 43.5. The highest BCUT2D eigenvalue weighted by molar-refractivity contribution is 7.89. The molecule has 2 aromatic rings. The van der Waals surface area contributed by atoms with Crippen molar-refractivity contribution in [2.45, 2.75) is 24.7 Å². The maximum atomic E-state index is 12.8. The van der Waals surface area contributed by atoms with Crippen LogP contribution in [0.1, 0.15) is 19.8 Å². The van der Waals surface area contributed by atoms with Crippen LogP contribution in [0.3, 0.4) is 0 Å². The lowest BCUT2D eigenvalue weighted by molar-refractivity contribution is -0.132. The number of benzene rings is 2. The predicted octanol–water partition coefficient (Wildman–Crippen LogP) is 2.79. The molecule has 3 rings (SSSR count). The Morgan fingerprint density at radius 3 is 2.16 bits per heavy atom. The van der Waals surface area contributed by atoms with Crippen LogP contribution in [-0.2, 0) is 14.8 Å². The maximum absolute atomic E-state index is 12.8. The van der Waals surface area contributed by atoms with Gasteiger partial charge in [0.25, 0.3) is 0 Å². The molecule has 0 unspecified atom stereocenters. The van der Waals surface area contributed by atoms with Gasteiger partial charge in [-0.15, -0.1) is 0 Å². The zero-order valence-electron chi connectivity index (χ0n) is 18.5. The Kier molecular flexibility index (Phi) is 8.35. The lowest BCUT2D eigenvalue weighted by Crippen LogP contribution is -2.50. The normalized spacial score (nSPS) is 14.8. The van der Waals surface area contributed by atoms with E-state index in [9.17, 15) is 13.2 Å². The monoisotopic (exact) mass is 462 g/mol. The molecular formula is C23H30N2O6S. The fourth-order valence-electron chi connectivity index (χ4n) is 3.48. The number of piperazine rings is 1. The van der Waals surface area contributed by atoms with Gasteiger partial charge in [-0.2, -0.15) is 4.31 Å². The van der Waals surface area contributed by atoms with Gasteiger partial charge in [0, 0.05) is 32.6 Å². The zero-order chi connectivity index (χ0) is 23.0. The summed E-state index contributed by atoms with van der Waals surface area (Å²) in [5.41, 5.74) is 0. The topological polar surface area (TPSA) is 85.4 Å². The molecule has 1 aliphatic rings.